The van der Waals surface area contributed by atoms with Gasteiger partial charge in [-0.15, -0.1) is 0 Å². The minimum absolute atomic E-state index is 0.203. The Morgan fingerprint density at radius 1 is 1.04 bits per heavy atom. The zero-order valence-corrected chi connectivity index (χ0v) is 28.9. The summed E-state index contributed by atoms with van der Waals surface area (Å²) in [5.74, 6) is -0.561. The predicted molar refractivity (Wildman–Crippen MR) is 183 cm³/mol. The van der Waals surface area contributed by atoms with Crippen LogP contribution in [0.2, 0.25) is 0 Å². The standard InChI is InChI=1S/C39H51FN2O5/c1-26-33(36(37(43)44)47-38(2,3)4)35(42-22-20-39(5,6)21-23-42)34(32(41-26)25-46-30-9-7-8-10-30)28-13-17-31(18-14-28)45-24-19-27-11-15-29(40)16-12-27/h11-18,30,36H,7-10,19-25H2,1-6H3,(H,43,44)/t36-/m0/s1. The predicted octanol–water partition coefficient (Wildman–Crippen LogP) is 8.84. The SMILES string of the molecule is Cc1nc(COC2CCCC2)c(-c2ccc(OCCc3ccc(F)cc3)cc2)c(N2CCC(C)(C)CC2)c1[C@H](OC(C)(C)C)C(=O)O. The number of aryl methyl sites for hydroxylation is 1. The number of hydrogen-bond donors (Lipinski definition) is 1. The van der Waals surface area contributed by atoms with Gasteiger partial charge in [0.05, 0.1) is 36.3 Å². The molecule has 1 saturated carbocycles. The molecule has 1 atom stereocenters. The molecule has 1 N–H and O–H groups in total. The number of pyridine rings is 1. The average Bonchev–Trinajstić information content (AvgIpc) is 3.54. The molecule has 1 aromatic heterocycles. The molecule has 1 aliphatic carbocycles. The summed E-state index contributed by atoms with van der Waals surface area (Å²) in [4.78, 5) is 20.4. The van der Waals surface area contributed by atoms with Crippen LogP contribution in [-0.2, 0) is 27.3 Å². The van der Waals surface area contributed by atoms with Crippen molar-refractivity contribution < 1.29 is 28.5 Å². The molecule has 8 heteroatoms. The first-order chi connectivity index (χ1) is 22.3. The van der Waals surface area contributed by atoms with E-state index in [0.29, 0.717) is 30.9 Å². The summed E-state index contributed by atoms with van der Waals surface area (Å²) in [6, 6.07) is 14.4. The Balaban J connectivity index is 1.57. The number of aromatic nitrogens is 1. The number of hydrogen-bond acceptors (Lipinski definition) is 6. The number of carboxylic acids is 1. The lowest BCUT2D eigenvalue weighted by atomic mass is 9.81. The van der Waals surface area contributed by atoms with Crippen molar-refractivity contribution in [3.8, 4) is 16.9 Å². The highest BCUT2D eigenvalue weighted by Crippen LogP contribution is 2.45. The maximum absolute atomic E-state index is 13.3. The van der Waals surface area contributed by atoms with Gasteiger partial charge in [0.2, 0.25) is 0 Å². The molecule has 5 rings (SSSR count). The molecule has 1 saturated heterocycles. The van der Waals surface area contributed by atoms with Gasteiger partial charge in [-0.2, -0.15) is 0 Å². The van der Waals surface area contributed by atoms with Crippen molar-refractivity contribution in [1.29, 1.82) is 0 Å². The number of rotatable bonds is 12. The molecular formula is C39H51FN2O5. The van der Waals surface area contributed by atoms with Crippen LogP contribution in [0.1, 0.15) is 102 Å². The van der Waals surface area contributed by atoms with Gasteiger partial charge < -0.3 is 24.2 Å². The van der Waals surface area contributed by atoms with E-state index in [1.165, 1.54) is 25.0 Å². The Labute approximate surface area is 279 Å². The number of benzene rings is 2. The van der Waals surface area contributed by atoms with Gasteiger partial charge in [-0.1, -0.05) is 51.0 Å². The summed E-state index contributed by atoms with van der Waals surface area (Å²) in [6.07, 6.45) is 6.09. The van der Waals surface area contributed by atoms with Crippen LogP contribution in [0.4, 0.5) is 10.1 Å². The number of anilines is 1. The topological polar surface area (TPSA) is 81.1 Å². The Morgan fingerprint density at radius 2 is 1.68 bits per heavy atom. The van der Waals surface area contributed by atoms with Crippen molar-refractivity contribution in [1.82, 2.24) is 4.98 Å². The van der Waals surface area contributed by atoms with Crippen LogP contribution in [-0.4, -0.2) is 47.5 Å². The van der Waals surface area contributed by atoms with E-state index in [4.69, 9.17) is 19.2 Å². The molecular weight excluding hydrogens is 595 g/mol. The van der Waals surface area contributed by atoms with E-state index in [2.05, 4.69) is 18.7 Å². The van der Waals surface area contributed by atoms with Gasteiger partial charge in [-0.3, -0.25) is 4.98 Å². The summed E-state index contributed by atoms with van der Waals surface area (Å²) in [5.41, 5.74) is 5.28. The highest BCUT2D eigenvalue weighted by Gasteiger charge is 2.37. The first kappa shape index (κ1) is 34.8. The van der Waals surface area contributed by atoms with Crippen molar-refractivity contribution in [3.05, 3.63) is 76.9 Å². The Hall–Kier alpha value is -3.49. The number of halogens is 1. The molecule has 7 nitrogen and oxygen atoms in total. The lowest BCUT2D eigenvalue weighted by Crippen LogP contribution is -2.39. The molecule has 2 aliphatic rings. The maximum atomic E-state index is 13.3. The monoisotopic (exact) mass is 646 g/mol. The molecule has 0 bridgehead atoms. The smallest absolute Gasteiger partial charge is 0.337 e. The number of carbonyl (C=O) groups is 1. The normalized spacial score (nSPS) is 17.6. The van der Waals surface area contributed by atoms with Crippen molar-refractivity contribution in [2.24, 2.45) is 5.41 Å². The molecule has 254 valence electrons. The van der Waals surface area contributed by atoms with E-state index in [-0.39, 0.29) is 17.3 Å². The third-order valence-corrected chi connectivity index (χ3v) is 9.34. The van der Waals surface area contributed by atoms with E-state index < -0.39 is 17.7 Å². The highest BCUT2D eigenvalue weighted by molar-refractivity contribution is 5.88. The van der Waals surface area contributed by atoms with Crippen LogP contribution >= 0.6 is 0 Å². The van der Waals surface area contributed by atoms with E-state index in [1.807, 2.05) is 52.0 Å². The molecule has 0 spiro atoms. The molecule has 47 heavy (non-hydrogen) atoms. The fourth-order valence-corrected chi connectivity index (χ4v) is 6.64. The van der Waals surface area contributed by atoms with Gasteiger partial charge in [0.1, 0.15) is 11.6 Å². The van der Waals surface area contributed by atoms with Gasteiger partial charge in [-0.25, -0.2) is 9.18 Å². The Bertz CT molecular complexity index is 1500. The third-order valence-electron chi connectivity index (χ3n) is 9.34. The van der Waals surface area contributed by atoms with Gasteiger partial charge >= 0.3 is 5.97 Å². The second-order valence-corrected chi connectivity index (χ2v) is 14.8. The average molecular weight is 647 g/mol. The molecule has 2 aromatic carbocycles. The highest BCUT2D eigenvalue weighted by atomic mass is 19.1. The number of piperidine rings is 1. The van der Waals surface area contributed by atoms with E-state index in [1.54, 1.807) is 12.1 Å². The second-order valence-electron chi connectivity index (χ2n) is 14.8. The summed E-state index contributed by atoms with van der Waals surface area (Å²) in [6.45, 7) is 14.5. The van der Waals surface area contributed by atoms with Crippen molar-refractivity contribution in [2.75, 3.05) is 24.6 Å². The van der Waals surface area contributed by atoms with Crippen LogP contribution in [0.3, 0.4) is 0 Å². The van der Waals surface area contributed by atoms with Gasteiger partial charge in [-0.05, 0) is 94.2 Å². The summed E-state index contributed by atoms with van der Waals surface area (Å²) >= 11 is 0. The molecule has 0 amide bonds. The number of carboxylic acid groups (broad SMARTS) is 1. The zero-order valence-electron chi connectivity index (χ0n) is 28.9. The fraction of sp³-hybridized carbons (Fsp3) is 0.538. The van der Waals surface area contributed by atoms with Gasteiger partial charge in [0.15, 0.2) is 6.10 Å². The Kier molecular flexibility index (Phi) is 10.9. The van der Waals surface area contributed by atoms with E-state index in [9.17, 15) is 14.3 Å². The Morgan fingerprint density at radius 3 is 2.28 bits per heavy atom. The van der Waals surface area contributed by atoms with Crippen LogP contribution in [0, 0.1) is 18.2 Å². The first-order valence-corrected chi connectivity index (χ1v) is 17.1. The minimum atomic E-state index is -1.19. The molecule has 0 unspecified atom stereocenters. The van der Waals surface area contributed by atoms with Crippen molar-refractivity contribution >= 4 is 11.7 Å². The van der Waals surface area contributed by atoms with E-state index >= 15 is 0 Å². The molecule has 3 aromatic rings. The lowest BCUT2D eigenvalue weighted by Gasteiger charge is -2.41. The molecule has 2 heterocycles. The van der Waals surface area contributed by atoms with Crippen LogP contribution in [0.15, 0.2) is 48.5 Å². The molecule has 0 radical (unpaired) electrons. The fourth-order valence-electron chi connectivity index (χ4n) is 6.64. The number of ether oxygens (including phenoxy) is 3. The van der Waals surface area contributed by atoms with Gasteiger partial charge in [0, 0.05) is 36.3 Å². The van der Waals surface area contributed by atoms with Crippen LogP contribution in [0.25, 0.3) is 11.1 Å². The number of nitrogens with zero attached hydrogens (tertiary/aromatic N) is 2. The molecule has 2 fully saturated rings. The number of aliphatic carboxylic acids is 1. The first-order valence-electron chi connectivity index (χ1n) is 17.1. The maximum Gasteiger partial charge on any atom is 0.337 e. The second kappa shape index (κ2) is 14.7. The largest absolute Gasteiger partial charge is 0.493 e. The van der Waals surface area contributed by atoms with Crippen LogP contribution in [0.5, 0.6) is 5.75 Å². The third kappa shape index (κ3) is 9.11. The van der Waals surface area contributed by atoms with Crippen molar-refractivity contribution in [2.45, 2.75) is 111 Å². The summed E-state index contributed by atoms with van der Waals surface area (Å²) in [7, 11) is 0. The summed E-state index contributed by atoms with van der Waals surface area (Å²) in [5, 5.41) is 10.6. The quantitative estimate of drug-likeness (QED) is 0.211. The molecule has 1 aliphatic heterocycles. The van der Waals surface area contributed by atoms with Crippen molar-refractivity contribution in [3.63, 3.8) is 0 Å². The van der Waals surface area contributed by atoms with Crippen LogP contribution < -0.4 is 9.64 Å². The minimum Gasteiger partial charge on any atom is -0.493 e. The zero-order chi connectivity index (χ0) is 33.8. The van der Waals surface area contributed by atoms with Gasteiger partial charge in [0.25, 0.3) is 0 Å². The van der Waals surface area contributed by atoms with E-state index in [0.717, 1.165) is 72.6 Å². The lowest BCUT2D eigenvalue weighted by molar-refractivity contribution is -0.160. The summed E-state index contributed by atoms with van der Waals surface area (Å²) < 4.78 is 32.1.